The van der Waals surface area contributed by atoms with Gasteiger partial charge in [0.05, 0.1) is 11.8 Å². The number of nitrogens with zero attached hydrogens (tertiary/aromatic N) is 3. The van der Waals surface area contributed by atoms with Crippen LogP contribution < -0.4 is 0 Å². The molecule has 20 heavy (non-hydrogen) atoms. The Labute approximate surface area is 126 Å². The van der Waals surface area contributed by atoms with E-state index in [0.717, 1.165) is 43.3 Å². The number of hydrogen-bond donors (Lipinski definition) is 1. The van der Waals surface area contributed by atoms with E-state index in [0.29, 0.717) is 11.8 Å². The third kappa shape index (κ3) is 3.35. The van der Waals surface area contributed by atoms with E-state index in [-0.39, 0.29) is 6.10 Å². The first kappa shape index (κ1) is 15.8. The quantitative estimate of drug-likeness (QED) is 0.929. The summed E-state index contributed by atoms with van der Waals surface area (Å²) in [6.07, 6.45) is 1.93. The lowest BCUT2D eigenvalue weighted by molar-refractivity contribution is 0.0694. The van der Waals surface area contributed by atoms with Gasteiger partial charge < -0.3 is 5.11 Å². The van der Waals surface area contributed by atoms with Gasteiger partial charge in [0.1, 0.15) is 5.15 Å². The Morgan fingerprint density at radius 1 is 1.30 bits per heavy atom. The number of aliphatic hydroxyl groups is 1. The van der Waals surface area contributed by atoms with Crippen LogP contribution in [-0.2, 0) is 13.6 Å². The topological polar surface area (TPSA) is 41.3 Å². The third-order valence-electron chi connectivity index (χ3n) is 4.34. The molecule has 4 nitrogen and oxygen atoms in total. The highest BCUT2D eigenvalue weighted by Gasteiger charge is 2.25. The fourth-order valence-corrected chi connectivity index (χ4v) is 3.19. The zero-order valence-electron chi connectivity index (χ0n) is 12.9. The zero-order chi connectivity index (χ0) is 14.9. The fourth-order valence-electron chi connectivity index (χ4n) is 2.99. The van der Waals surface area contributed by atoms with Gasteiger partial charge in [0.15, 0.2) is 0 Å². The fraction of sp³-hybridized carbons (Fsp3) is 0.800. The Kier molecular flexibility index (Phi) is 5.10. The van der Waals surface area contributed by atoms with Crippen LogP contribution in [0, 0.1) is 5.92 Å². The largest absolute Gasteiger partial charge is 0.393 e. The van der Waals surface area contributed by atoms with Crippen LogP contribution >= 0.6 is 11.6 Å². The van der Waals surface area contributed by atoms with Crippen molar-refractivity contribution in [3.8, 4) is 0 Å². The van der Waals surface area contributed by atoms with Gasteiger partial charge in [-0.1, -0.05) is 25.4 Å². The normalized spacial score (nSPS) is 19.8. The Hall–Kier alpha value is -0.580. The van der Waals surface area contributed by atoms with E-state index >= 15 is 0 Å². The molecule has 0 radical (unpaired) electrons. The predicted octanol–water partition coefficient (Wildman–Crippen LogP) is 2.79. The summed E-state index contributed by atoms with van der Waals surface area (Å²) in [4.78, 5) is 2.42. The number of hydrogen-bond acceptors (Lipinski definition) is 3. The lowest BCUT2D eigenvalue weighted by Gasteiger charge is -2.33. The first-order valence-corrected chi connectivity index (χ1v) is 7.89. The second-order valence-electron chi connectivity index (χ2n) is 6.29. The molecule has 0 spiro atoms. The minimum atomic E-state index is -0.189. The molecule has 1 aromatic heterocycles. The molecule has 0 aromatic carbocycles. The smallest absolute Gasteiger partial charge is 0.131 e. The van der Waals surface area contributed by atoms with Gasteiger partial charge >= 0.3 is 0 Å². The van der Waals surface area contributed by atoms with Crippen LogP contribution in [0.5, 0.6) is 0 Å². The molecule has 1 fully saturated rings. The molecule has 114 valence electrons. The molecule has 0 aliphatic carbocycles. The molecule has 1 aromatic rings. The van der Waals surface area contributed by atoms with E-state index in [4.69, 9.17) is 11.6 Å². The van der Waals surface area contributed by atoms with Gasteiger partial charge in [-0.05, 0) is 44.7 Å². The van der Waals surface area contributed by atoms with Gasteiger partial charge in [0.2, 0.25) is 0 Å². The Morgan fingerprint density at radius 3 is 2.40 bits per heavy atom. The molecule has 0 bridgehead atoms. The predicted molar refractivity (Wildman–Crippen MR) is 82.0 cm³/mol. The number of likely N-dealkylation sites (tertiary alicyclic amines) is 1. The molecule has 1 aliphatic heterocycles. The lowest BCUT2D eigenvalue weighted by Crippen LogP contribution is -2.36. The molecule has 0 amide bonds. The number of aliphatic hydroxyl groups excluding tert-OH is 1. The van der Waals surface area contributed by atoms with Crippen LogP contribution in [0.15, 0.2) is 0 Å². The van der Waals surface area contributed by atoms with E-state index in [2.05, 4.69) is 23.8 Å². The van der Waals surface area contributed by atoms with Crippen LogP contribution in [-0.4, -0.2) is 39.0 Å². The van der Waals surface area contributed by atoms with Crippen LogP contribution in [0.2, 0.25) is 5.15 Å². The first-order chi connectivity index (χ1) is 9.40. The van der Waals surface area contributed by atoms with E-state index in [1.165, 1.54) is 5.56 Å². The average molecular weight is 300 g/mol. The Bertz CT molecular complexity index is 448. The summed E-state index contributed by atoms with van der Waals surface area (Å²) in [5.74, 6) is 0.832. The molecular weight excluding hydrogens is 274 g/mol. The molecule has 2 heterocycles. The highest BCUT2D eigenvalue weighted by molar-refractivity contribution is 6.30. The third-order valence-corrected chi connectivity index (χ3v) is 4.82. The second-order valence-corrected chi connectivity index (χ2v) is 6.65. The van der Waals surface area contributed by atoms with Crippen molar-refractivity contribution in [2.75, 3.05) is 13.1 Å². The summed E-state index contributed by atoms with van der Waals surface area (Å²) in [6.45, 7) is 9.13. The van der Waals surface area contributed by atoms with E-state index in [9.17, 15) is 5.11 Å². The summed E-state index contributed by atoms with van der Waals surface area (Å²) in [7, 11) is 1.90. The first-order valence-electron chi connectivity index (χ1n) is 7.51. The van der Waals surface area contributed by atoms with Crippen LogP contribution in [0.3, 0.4) is 0 Å². The molecule has 1 unspecified atom stereocenters. The SMILES string of the molecule is CC(C)c1nn(C)c(Cl)c1CN1CCC(C(C)O)CC1. The lowest BCUT2D eigenvalue weighted by atomic mass is 9.92. The molecule has 0 saturated carbocycles. The van der Waals surface area contributed by atoms with Gasteiger partial charge in [0, 0.05) is 19.2 Å². The molecule has 1 aliphatic rings. The number of aryl methyl sites for hydroxylation is 1. The second kappa shape index (κ2) is 6.46. The highest BCUT2D eigenvalue weighted by Crippen LogP contribution is 2.28. The van der Waals surface area contributed by atoms with Gasteiger partial charge in [0.25, 0.3) is 0 Å². The van der Waals surface area contributed by atoms with Gasteiger partial charge in [-0.15, -0.1) is 0 Å². The van der Waals surface area contributed by atoms with E-state index in [1.54, 1.807) is 4.68 Å². The monoisotopic (exact) mass is 299 g/mol. The van der Waals surface area contributed by atoms with Crippen LogP contribution in [0.25, 0.3) is 0 Å². The highest BCUT2D eigenvalue weighted by atomic mass is 35.5. The molecular formula is C15H26ClN3O. The number of aromatic nitrogens is 2. The standard InChI is InChI=1S/C15H26ClN3O/c1-10(2)14-13(15(16)18(4)17-14)9-19-7-5-12(6-8-19)11(3)20/h10-12,20H,5-9H2,1-4H3. The molecule has 2 rings (SSSR count). The molecule has 1 N–H and O–H groups in total. The maximum atomic E-state index is 9.66. The Morgan fingerprint density at radius 2 is 1.90 bits per heavy atom. The minimum absolute atomic E-state index is 0.189. The maximum absolute atomic E-state index is 9.66. The van der Waals surface area contributed by atoms with Gasteiger partial charge in [-0.25, -0.2) is 0 Å². The van der Waals surface area contributed by atoms with Crippen molar-refractivity contribution in [1.82, 2.24) is 14.7 Å². The molecule has 1 atom stereocenters. The summed E-state index contributed by atoms with van der Waals surface area (Å²) < 4.78 is 1.77. The maximum Gasteiger partial charge on any atom is 0.131 e. The minimum Gasteiger partial charge on any atom is -0.393 e. The number of piperidine rings is 1. The number of halogens is 1. The zero-order valence-corrected chi connectivity index (χ0v) is 13.7. The van der Waals surface area contributed by atoms with Crippen molar-refractivity contribution < 1.29 is 5.11 Å². The molecule has 5 heteroatoms. The van der Waals surface area contributed by atoms with Crippen molar-refractivity contribution >= 4 is 11.6 Å². The van der Waals surface area contributed by atoms with Gasteiger partial charge in [-0.3, -0.25) is 9.58 Å². The Balaban J connectivity index is 2.04. The molecule has 1 saturated heterocycles. The van der Waals surface area contributed by atoms with Crippen molar-refractivity contribution in [1.29, 1.82) is 0 Å². The van der Waals surface area contributed by atoms with Crippen LogP contribution in [0.1, 0.15) is 50.8 Å². The van der Waals surface area contributed by atoms with Crippen molar-refractivity contribution in [2.24, 2.45) is 13.0 Å². The van der Waals surface area contributed by atoms with Crippen molar-refractivity contribution in [2.45, 2.75) is 52.2 Å². The number of rotatable bonds is 4. The average Bonchev–Trinajstić information content (AvgIpc) is 2.68. The summed E-state index contributed by atoms with van der Waals surface area (Å²) in [6, 6.07) is 0. The van der Waals surface area contributed by atoms with Gasteiger partial charge in [-0.2, -0.15) is 5.10 Å². The summed E-state index contributed by atoms with van der Waals surface area (Å²) in [5.41, 5.74) is 2.27. The van der Waals surface area contributed by atoms with Crippen molar-refractivity contribution in [3.05, 3.63) is 16.4 Å². The van der Waals surface area contributed by atoms with E-state index < -0.39 is 0 Å². The van der Waals surface area contributed by atoms with E-state index in [1.807, 2.05) is 14.0 Å². The summed E-state index contributed by atoms with van der Waals surface area (Å²) >= 11 is 6.39. The van der Waals surface area contributed by atoms with Crippen molar-refractivity contribution in [3.63, 3.8) is 0 Å². The van der Waals surface area contributed by atoms with Crippen LogP contribution in [0.4, 0.5) is 0 Å². The summed E-state index contributed by atoms with van der Waals surface area (Å²) in [5, 5.41) is 15.0.